The van der Waals surface area contributed by atoms with E-state index in [1.54, 1.807) is 37.3 Å². The molecule has 0 heterocycles. The molecular formula is C22H26ClFN2O2. The minimum Gasteiger partial charge on any atom is -0.354 e. The lowest BCUT2D eigenvalue weighted by Gasteiger charge is -2.29. The van der Waals surface area contributed by atoms with E-state index in [1.165, 1.54) is 17.0 Å². The number of benzene rings is 2. The molecule has 2 amide bonds. The highest BCUT2D eigenvalue weighted by Crippen LogP contribution is 2.15. The fourth-order valence-electron chi connectivity index (χ4n) is 2.83. The third-order valence-corrected chi connectivity index (χ3v) is 4.74. The zero-order chi connectivity index (χ0) is 20.5. The minimum absolute atomic E-state index is 0.133. The topological polar surface area (TPSA) is 49.4 Å². The average Bonchev–Trinajstić information content (AvgIpc) is 2.67. The van der Waals surface area contributed by atoms with E-state index in [-0.39, 0.29) is 30.6 Å². The van der Waals surface area contributed by atoms with Crippen molar-refractivity contribution in [2.45, 2.75) is 45.7 Å². The monoisotopic (exact) mass is 404 g/mol. The third-order valence-electron chi connectivity index (χ3n) is 4.51. The molecule has 0 spiro atoms. The standard InChI is InChI=1S/C22H26ClFN2O2/c1-3-4-12-25-22(28)16(2)26(15-17-8-10-20(24)11-9-17)21(27)14-18-6-5-7-19(23)13-18/h5-11,13,16H,3-4,12,14-15H2,1-2H3,(H,25,28)/t16-/m1/s1. The predicted octanol–water partition coefficient (Wildman–Crippen LogP) is 4.36. The molecule has 150 valence electrons. The van der Waals surface area contributed by atoms with Crippen LogP contribution in [0.4, 0.5) is 4.39 Å². The van der Waals surface area contributed by atoms with Gasteiger partial charge in [0.1, 0.15) is 11.9 Å². The molecule has 0 aliphatic rings. The van der Waals surface area contributed by atoms with Crippen molar-refractivity contribution >= 4 is 23.4 Å². The number of nitrogens with one attached hydrogen (secondary N) is 1. The van der Waals surface area contributed by atoms with Gasteiger partial charge in [0.15, 0.2) is 0 Å². The molecule has 6 heteroatoms. The number of carbonyl (C=O) groups excluding carboxylic acids is 2. The molecule has 1 N–H and O–H groups in total. The fraction of sp³-hybridized carbons (Fsp3) is 0.364. The number of hydrogen-bond donors (Lipinski definition) is 1. The summed E-state index contributed by atoms with van der Waals surface area (Å²) in [7, 11) is 0. The van der Waals surface area contributed by atoms with Crippen LogP contribution >= 0.6 is 11.6 Å². The molecule has 2 rings (SSSR count). The minimum atomic E-state index is -0.645. The first-order valence-corrected chi connectivity index (χ1v) is 9.84. The van der Waals surface area contributed by atoms with Crippen molar-refractivity contribution in [2.75, 3.05) is 6.54 Å². The maximum absolute atomic E-state index is 13.2. The van der Waals surface area contributed by atoms with Crippen molar-refractivity contribution in [3.05, 3.63) is 70.5 Å². The molecule has 0 saturated heterocycles. The highest BCUT2D eigenvalue weighted by molar-refractivity contribution is 6.30. The zero-order valence-corrected chi connectivity index (χ0v) is 17.0. The molecule has 4 nitrogen and oxygen atoms in total. The van der Waals surface area contributed by atoms with Crippen LogP contribution in [-0.2, 0) is 22.6 Å². The Labute approximate surface area is 170 Å². The average molecular weight is 405 g/mol. The summed E-state index contributed by atoms with van der Waals surface area (Å²) in [6.07, 6.45) is 1.99. The van der Waals surface area contributed by atoms with Crippen molar-refractivity contribution in [2.24, 2.45) is 0 Å². The molecule has 0 aromatic heterocycles. The van der Waals surface area contributed by atoms with E-state index in [9.17, 15) is 14.0 Å². The summed E-state index contributed by atoms with van der Waals surface area (Å²) in [6, 6.07) is 12.4. The number of carbonyl (C=O) groups is 2. The molecule has 0 radical (unpaired) electrons. The first kappa shape index (κ1) is 21.9. The SMILES string of the molecule is CCCCNC(=O)[C@@H](C)N(Cc1ccc(F)cc1)C(=O)Cc1cccc(Cl)c1. The van der Waals surface area contributed by atoms with Gasteiger partial charge in [-0.2, -0.15) is 0 Å². The van der Waals surface area contributed by atoms with Crippen molar-refractivity contribution in [1.29, 1.82) is 0 Å². The summed E-state index contributed by atoms with van der Waals surface area (Å²) in [5, 5.41) is 3.43. The van der Waals surface area contributed by atoms with Gasteiger partial charge in [-0.1, -0.05) is 49.2 Å². The van der Waals surface area contributed by atoms with Crippen molar-refractivity contribution in [3.63, 3.8) is 0 Å². The van der Waals surface area contributed by atoms with Crippen molar-refractivity contribution < 1.29 is 14.0 Å². The van der Waals surface area contributed by atoms with E-state index in [1.807, 2.05) is 13.0 Å². The van der Waals surface area contributed by atoms with Gasteiger partial charge in [0.2, 0.25) is 11.8 Å². The first-order chi connectivity index (χ1) is 13.4. The molecule has 2 aromatic rings. The lowest BCUT2D eigenvalue weighted by atomic mass is 10.1. The highest BCUT2D eigenvalue weighted by atomic mass is 35.5. The second-order valence-electron chi connectivity index (χ2n) is 6.78. The molecule has 0 fully saturated rings. The van der Waals surface area contributed by atoms with Gasteiger partial charge < -0.3 is 10.2 Å². The molecule has 0 bridgehead atoms. The molecule has 0 saturated carbocycles. The van der Waals surface area contributed by atoms with Gasteiger partial charge in [-0.3, -0.25) is 9.59 Å². The van der Waals surface area contributed by atoms with Crippen molar-refractivity contribution in [3.8, 4) is 0 Å². The van der Waals surface area contributed by atoms with Gasteiger partial charge in [0.25, 0.3) is 0 Å². The summed E-state index contributed by atoms with van der Waals surface area (Å²) < 4.78 is 13.2. The van der Waals surface area contributed by atoms with Crippen LogP contribution in [0.25, 0.3) is 0 Å². The van der Waals surface area contributed by atoms with E-state index in [4.69, 9.17) is 11.6 Å². The summed E-state index contributed by atoms with van der Waals surface area (Å²) in [4.78, 5) is 27.1. The molecule has 0 aliphatic heterocycles. The van der Waals surface area contributed by atoms with Gasteiger partial charge in [-0.05, 0) is 48.7 Å². The van der Waals surface area contributed by atoms with E-state index in [0.717, 1.165) is 24.0 Å². The normalized spacial score (nSPS) is 11.7. The maximum atomic E-state index is 13.2. The summed E-state index contributed by atoms with van der Waals surface area (Å²) in [5.74, 6) is -0.731. The number of halogens is 2. The lowest BCUT2D eigenvalue weighted by Crippen LogP contribution is -2.48. The van der Waals surface area contributed by atoms with Gasteiger partial charge >= 0.3 is 0 Å². The summed E-state index contributed by atoms with van der Waals surface area (Å²) >= 11 is 6.01. The Morgan fingerprint density at radius 1 is 1.14 bits per heavy atom. The van der Waals surface area contributed by atoms with Crippen LogP contribution in [0, 0.1) is 5.82 Å². The van der Waals surface area contributed by atoms with E-state index in [0.29, 0.717) is 11.6 Å². The van der Waals surface area contributed by atoms with Crippen LogP contribution in [0.2, 0.25) is 5.02 Å². The molecule has 2 aromatic carbocycles. The number of amides is 2. The van der Waals surface area contributed by atoms with Crippen LogP contribution in [0.3, 0.4) is 0 Å². The van der Waals surface area contributed by atoms with Gasteiger partial charge in [0.05, 0.1) is 6.42 Å². The first-order valence-electron chi connectivity index (χ1n) is 9.46. The van der Waals surface area contributed by atoms with Crippen LogP contribution < -0.4 is 5.32 Å². The predicted molar refractivity (Wildman–Crippen MR) is 109 cm³/mol. The second-order valence-corrected chi connectivity index (χ2v) is 7.21. The quantitative estimate of drug-likeness (QED) is 0.631. The van der Waals surface area contributed by atoms with Crippen molar-refractivity contribution in [1.82, 2.24) is 10.2 Å². The van der Waals surface area contributed by atoms with Gasteiger partial charge in [0, 0.05) is 18.1 Å². The van der Waals surface area contributed by atoms with Crippen LogP contribution in [0.5, 0.6) is 0 Å². The number of hydrogen-bond acceptors (Lipinski definition) is 2. The number of nitrogens with zero attached hydrogens (tertiary/aromatic N) is 1. The fourth-order valence-corrected chi connectivity index (χ4v) is 3.04. The number of rotatable bonds is 9. The number of unbranched alkanes of at least 4 members (excludes halogenated alkanes) is 1. The van der Waals surface area contributed by atoms with Gasteiger partial charge in [-0.25, -0.2) is 4.39 Å². The molecule has 1 atom stereocenters. The Hall–Kier alpha value is -2.40. The molecular weight excluding hydrogens is 379 g/mol. The summed E-state index contributed by atoms with van der Waals surface area (Å²) in [5.41, 5.74) is 1.54. The maximum Gasteiger partial charge on any atom is 0.242 e. The van der Waals surface area contributed by atoms with Crippen LogP contribution in [0.15, 0.2) is 48.5 Å². The van der Waals surface area contributed by atoms with E-state index < -0.39 is 6.04 Å². The Morgan fingerprint density at radius 3 is 2.50 bits per heavy atom. The smallest absolute Gasteiger partial charge is 0.242 e. The second kappa shape index (κ2) is 10.8. The summed E-state index contributed by atoms with van der Waals surface area (Å²) in [6.45, 7) is 4.56. The van der Waals surface area contributed by atoms with E-state index >= 15 is 0 Å². The Kier molecular flexibility index (Phi) is 8.45. The highest BCUT2D eigenvalue weighted by Gasteiger charge is 2.26. The third kappa shape index (κ3) is 6.64. The van der Waals surface area contributed by atoms with Crippen LogP contribution in [-0.4, -0.2) is 29.3 Å². The van der Waals surface area contributed by atoms with E-state index in [2.05, 4.69) is 5.32 Å². The molecule has 0 unspecified atom stereocenters. The lowest BCUT2D eigenvalue weighted by molar-refractivity contribution is -0.140. The molecule has 0 aliphatic carbocycles. The Bertz CT molecular complexity index is 795. The molecule has 28 heavy (non-hydrogen) atoms. The van der Waals surface area contributed by atoms with Gasteiger partial charge in [-0.15, -0.1) is 0 Å². The Balaban J connectivity index is 2.17. The largest absolute Gasteiger partial charge is 0.354 e. The Morgan fingerprint density at radius 2 is 1.86 bits per heavy atom. The zero-order valence-electron chi connectivity index (χ0n) is 16.3. The van der Waals surface area contributed by atoms with Crippen LogP contribution in [0.1, 0.15) is 37.8 Å².